The molecule has 0 N–H and O–H groups in total. The normalized spacial score (nSPS) is 11.0. The number of benzene rings is 2. The zero-order chi connectivity index (χ0) is 14.1. The molecule has 0 spiro atoms. The second-order valence-corrected chi connectivity index (χ2v) is 4.86. The number of para-hydroxylation sites is 2. The summed E-state index contributed by atoms with van der Waals surface area (Å²) in [5.74, 6) is 1.46. The zero-order valence-corrected chi connectivity index (χ0v) is 11.3. The minimum absolute atomic E-state index is 0.625. The maximum atomic E-state index is 5.83. The molecule has 0 atom stereocenters. The summed E-state index contributed by atoms with van der Waals surface area (Å²) in [4.78, 5) is 8.73. The molecule has 0 radical (unpaired) electrons. The molecular formula is C17H13N3O. The van der Waals surface area contributed by atoms with Gasteiger partial charge in [-0.3, -0.25) is 0 Å². The van der Waals surface area contributed by atoms with Crippen LogP contribution in [-0.2, 0) is 6.54 Å². The average molecular weight is 275 g/mol. The largest absolute Gasteiger partial charge is 0.439 e. The molecule has 4 heteroatoms. The van der Waals surface area contributed by atoms with E-state index in [-0.39, 0.29) is 0 Å². The molecule has 2 aromatic carbocycles. The first-order valence-electron chi connectivity index (χ1n) is 6.80. The summed E-state index contributed by atoms with van der Waals surface area (Å²) in [7, 11) is 0. The van der Waals surface area contributed by atoms with E-state index in [1.165, 1.54) is 0 Å². The van der Waals surface area contributed by atoms with Crippen LogP contribution in [0.5, 0.6) is 0 Å². The van der Waals surface area contributed by atoms with Gasteiger partial charge in [0, 0.05) is 5.56 Å². The molecule has 4 nitrogen and oxygen atoms in total. The maximum absolute atomic E-state index is 5.83. The Morgan fingerprint density at radius 1 is 0.905 bits per heavy atom. The molecule has 21 heavy (non-hydrogen) atoms. The van der Waals surface area contributed by atoms with E-state index in [1.807, 2.05) is 54.9 Å². The molecule has 102 valence electrons. The Morgan fingerprint density at radius 2 is 1.71 bits per heavy atom. The van der Waals surface area contributed by atoms with E-state index in [0.717, 1.165) is 22.4 Å². The van der Waals surface area contributed by atoms with Gasteiger partial charge in [-0.25, -0.2) is 9.97 Å². The van der Waals surface area contributed by atoms with Crippen molar-refractivity contribution in [1.29, 1.82) is 0 Å². The lowest BCUT2D eigenvalue weighted by atomic mass is 10.2. The highest BCUT2D eigenvalue weighted by molar-refractivity contribution is 5.75. The van der Waals surface area contributed by atoms with Gasteiger partial charge in [-0.1, -0.05) is 30.3 Å². The van der Waals surface area contributed by atoms with Crippen molar-refractivity contribution in [3.05, 3.63) is 72.9 Å². The van der Waals surface area contributed by atoms with Gasteiger partial charge >= 0.3 is 0 Å². The number of fused-ring (bicyclic) bond motifs is 1. The molecule has 0 aliphatic rings. The SMILES string of the molecule is c1ccc(-c2ncc(Cn3cnc4ccccc43)o2)cc1. The van der Waals surface area contributed by atoms with Crippen LogP contribution in [0.25, 0.3) is 22.5 Å². The molecule has 0 saturated heterocycles. The molecule has 4 rings (SSSR count). The highest BCUT2D eigenvalue weighted by atomic mass is 16.4. The quantitative estimate of drug-likeness (QED) is 0.572. The molecule has 0 unspecified atom stereocenters. The molecule has 2 aromatic heterocycles. The van der Waals surface area contributed by atoms with Crippen LogP contribution in [0.1, 0.15) is 5.76 Å². The van der Waals surface area contributed by atoms with Crippen LogP contribution in [-0.4, -0.2) is 14.5 Å². The Morgan fingerprint density at radius 3 is 2.62 bits per heavy atom. The van der Waals surface area contributed by atoms with Crippen LogP contribution in [0.2, 0.25) is 0 Å². The molecule has 2 heterocycles. The molecule has 0 aliphatic carbocycles. The Bertz CT molecular complexity index is 877. The smallest absolute Gasteiger partial charge is 0.226 e. The number of oxazole rings is 1. The van der Waals surface area contributed by atoms with Crippen LogP contribution in [0, 0.1) is 0 Å². The lowest BCUT2D eigenvalue weighted by molar-refractivity contribution is 0.504. The molecule has 0 aliphatic heterocycles. The predicted octanol–water partition coefficient (Wildman–Crippen LogP) is 3.74. The monoisotopic (exact) mass is 275 g/mol. The average Bonchev–Trinajstić information content (AvgIpc) is 3.17. The van der Waals surface area contributed by atoms with Crippen LogP contribution in [0.4, 0.5) is 0 Å². The second-order valence-electron chi connectivity index (χ2n) is 4.86. The number of hydrogen-bond donors (Lipinski definition) is 0. The Labute approximate surface area is 121 Å². The van der Waals surface area contributed by atoms with Crippen molar-refractivity contribution >= 4 is 11.0 Å². The topological polar surface area (TPSA) is 43.9 Å². The molecule has 0 saturated carbocycles. The number of nitrogens with zero attached hydrogens (tertiary/aromatic N) is 3. The standard InChI is InChI=1S/C17H13N3O/c1-2-6-13(7-3-1)17-18-10-14(21-17)11-20-12-19-15-8-4-5-9-16(15)20/h1-10,12H,11H2. The predicted molar refractivity (Wildman–Crippen MR) is 80.8 cm³/mol. The molecular weight excluding hydrogens is 262 g/mol. The fourth-order valence-electron chi connectivity index (χ4n) is 2.40. The third-order valence-corrected chi connectivity index (χ3v) is 3.43. The van der Waals surface area contributed by atoms with E-state index in [9.17, 15) is 0 Å². The highest BCUT2D eigenvalue weighted by Gasteiger charge is 2.08. The van der Waals surface area contributed by atoms with E-state index < -0.39 is 0 Å². The fraction of sp³-hybridized carbons (Fsp3) is 0.0588. The number of rotatable bonds is 3. The Balaban J connectivity index is 1.65. The lowest BCUT2D eigenvalue weighted by Crippen LogP contribution is -1.96. The van der Waals surface area contributed by atoms with E-state index in [1.54, 1.807) is 6.20 Å². The number of imidazole rings is 1. The van der Waals surface area contributed by atoms with Gasteiger partial charge in [0.25, 0.3) is 0 Å². The Hall–Kier alpha value is -2.88. The Kier molecular flexibility index (Phi) is 2.78. The van der Waals surface area contributed by atoms with Gasteiger partial charge in [0.15, 0.2) is 0 Å². The summed E-state index contributed by atoms with van der Waals surface area (Å²) in [6.45, 7) is 0.625. The first-order valence-corrected chi connectivity index (χ1v) is 6.80. The first-order chi connectivity index (χ1) is 10.4. The van der Waals surface area contributed by atoms with Gasteiger partial charge < -0.3 is 8.98 Å². The molecule has 4 aromatic rings. The van der Waals surface area contributed by atoms with E-state index in [2.05, 4.69) is 20.6 Å². The lowest BCUT2D eigenvalue weighted by Gasteiger charge is -2.00. The van der Waals surface area contributed by atoms with Crippen LogP contribution >= 0.6 is 0 Å². The summed E-state index contributed by atoms with van der Waals surface area (Å²) in [6.07, 6.45) is 3.60. The van der Waals surface area contributed by atoms with Crippen LogP contribution in [0.3, 0.4) is 0 Å². The van der Waals surface area contributed by atoms with Crippen LogP contribution in [0.15, 0.2) is 71.5 Å². The first kappa shape index (κ1) is 11.9. The summed E-state index contributed by atoms with van der Waals surface area (Å²) in [5, 5.41) is 0. The van der Waals surface area contributed by atoms with Gasteiger partial charge in [-0.2, -0.15) is 0 Å². The van der Waals surface area contributed by atoms with E-state index in [4.69, 9.17) is 4.42 Å². The van der Waals surface area contributed by atoms with Gasteiger partial charge in [0.1, 0.15) is 5.76 Å². The van der Waals surface area contributed by atoms with Crippen molar-refractivity contribution in [3.63, 3.8) is 0 Å². The third-order valence-electron chi connectivity index (χ3n) is 3.43. The molecule has 0 fully saturated rings. The summed E-state index contributed by atoms with van der Waals surface area (Å²) < 4.78 is 7.89. The minimum Gasteiger partial charge on any atom is -0.439 e. The molecule has 0 amide bonds. The number of hydrogen-bond acceptors (Lipinski definition) is 3. The second kappa shape index (κ2) is 4.90. The van der Waals surface area contributed by atoms with Crippen molar-refractivity contribution < 1.29 is 4.42 Å². The fourth-order valence-corrected chi connectivity index (χ4v) is 2.40. The summed E-state index contributed by atoms with van der Waals surface area (Å²) in [6, 6.07) is 18.0. The minimum atomic E-state index is 0.625. The highest BCUT2D eigenvalue weighted by Crippen LogP contribution is 2.20. The van der Waals surface area contributed by atoms with Crippen molar-refractivity contribution in [2.45, 2.75) is 6.54 Å². The summed E-state index contributed by atoms with van der Waals surface area (Å²) >= 11 is 0. The van der Waals surface area contributed by atoms with Gasteiger partial charge in [-0.15, -0.1) is 0 Å². The molecule has 0 bridgehead atoms. The van der Waals surface area contributed by atoms with Crippen molar-refractivity contribution in [2.75, 3.05) is 0 Å². The van der Waals surface area contributed by atoms with E-state index in [0.29, 0.717) is 12.4 Å². The van der Waals surface area contributed by atoms with E-state index >= 15 is 0 Å². The van der Waals surface area contributed by atoms with Gasteiger partial charge in [-0.05, 0) is 24.3 Å². The third kappa shape index (κ3) is 2.21. The van der Waals surface area contributed by atoms with Gasteiger partial charge in [0.2, 0.25) is 5.89 Å². The summed E-state index contributed by atoms with van der Waals surface area (Å²) in [5.41, 5.74) is 3.06. The number of aromatic nitrogens is 3. The van der Waals surface area contributed by atoms with Crippen molar-refractivity contribution in [1.82, 2.24) is 14.5 Å². The van der Waals surface area contributed by atoms with Gasteiger partial charge in [0.05, 0.1) is 30.1 Å². The van der Waals surface area contributed by atoms with Crippen LogP contribution < -0.4 is 0 Å². The van der Waals surface area contributed by atoms with Crippen molar-refractivity contribution in [2.24, 2.45) is 0 Å². The zero-order valence-electron chi connectivity index (χ0n) is 11.3. The van der Waals surface area contributed by atoms with Crippen molar-refractivity contribution in [3.8, 4) is 11.5 Å². The maximum Gasteiger partial charge on any atom is 0.226 e.